The Balaban J connectivity index is 1.39. The van der Waals surface area contributed by atoms with Gasteiger partial charge in [0.15, 0.2) is 12.6 Å². The van der Waals surface area contributed by atoms with E-state index in [0.29, 0.717) is 32.4 Å². The van der Waals surface area contributed by atoms with Crippen molar-refractivity contribution < 1.29 is 68.1 Å². The van der Waals surface area contributed by atoms with Crippen LogP contribution in [-0.2, 0) is 60.6 Å². The first-order chi connectivity index (χ1) is 33.9. The van der Waals surface area contributed by atoms with E-state index in [2.05, 4.69) is 34.4 Å². The van der Waals surface area contributed by atoms with Crippen molar-refractivity contribution >= 4 is 17.7 Å². The van der Waals surface area contributed by atoms with Crippen molar-refractivity contribution in [1.29, 1.82) is 0 Å². The van der Waals surface area contributed by atoms with Gasteiger partial charge in [-0.25, -0.2) is 5.48 Å². The van der Waals surface area contributed by atoms with Crippen LogP contribution < -0.4 is 5.48 Å². The second-order valence-corrected chi connectivity index (χ2v) is 21.7. The largest absolute Gasteiger partial charge is 0.459 e. The van der Waals surface area contributed by atoms with Crippen molar-refractivity contribution in [3.63, 3.8) is 0 Å². The maximum absolute atomic E-state index is 14.5. The summed E-state index contributed by atoms with van der Waals surface area (Å²) in [5, 5.41) is 51.9. The highest BCUT2D eigenvalue weighted by molar-refractivity contribution is 5.83. The number of aryl methyl sites for hydroxylation is 1. The average Bonchev–Trinajstić information content (AvgIpc) is 3.83. The number of nitrogens with one attached hydrogen (secondary N) is 1. The Bertz CT molecular complexity index is 2040. The number of aliphatic hydroxyl groups excluding tert-OH is 2. The molecule has 2 aromatic rings. The van der Waals surface area contributed by atoms with Crippen LogP contribution in [0.3, 0.4) is 0 Å². The normalized spacial score (nSPS) is 37.5. The number of rotatable bonds is 18. The number of unbranched alkanes of at least 4 members (excludes halogenated alkanes) is 3. The van der Waals surface area contributed by atoms with E-state index in [9.17, 15) is 29.7 Å². The minimum absolute atomic E-state index is 0.0330. The van der Waals surface area contributed by atoms with Gasteiger partial charge in [-0.1, -0.05) is 70.0 Å². The Hall–Kier alpha value is -3.47. The molecule has 0 radical (unpaired) electrons. The van der Waals surface area contributed by atoms with Gasteiger partial charge in [0.1, 0.15) is 29.3 Å². The van der Waals surface area contributed by atoms with Crippen LogP contribution in [0.2, 0.25) is 0 Å². The Morgan fingerprint density at radius 3 is 2.18 bits per heavy atom. The van der Waals surface area contributed by atoms with Crippen molar-refractivity contribution in [1.82, 2.24) is 25.4 Å². The topological polar surface area (TPSA) is 243 Å². The number of hydrogen-bond acceptors (Lipinski definition) is 17. The molecule has 0 aliphatic carbocycles. The number of hydroxylamine groups is 1. The molecule has 3 fully saturated rings. The lowest BCUT2D eigenvalue weighted by Crippen LogP contribution is -2.60. The SMILES string of the molecule is CCC1OC(=O)[C@H](C)[C@H](OC2C[C@@](C)(OC)[C@@H](O)[C@H](C)O2)[C@H](C)[C@@H](OC2C[C@@H](N(C)Cc3ccc(-c4cn(CCCCCCC(=O)NO)nn4)cc3)C[C@@H](C)O2)[C@@](C)(OC)C[C@@H](C)C(=O)[C@H](C)[C@@H](O)[C@]1(C)O. The van der Waals surface area contributed by atoms with Crippen LogP contribution in [0.5, 0.6) is 0 Å². The molecule has 17 atom stereocenters. The molecular formula is C53H87N5O14. The van der Waals surface area contributed by atoms with Gasteiger partial charge in [0.25, 0.3) is 0 Å². The van der Waals surface area contributed by atoms with Crippen molar-refractivity contribution in [3.8, 4) is 11.3 Å². The van der Waals surface area contributed by atoms with E-state index >= 15 is 0 Å². The number of nitrogens with zero attached hydrogens (tertiary/aromatic N) is 4. The summed E-state index contributed by atoms with van der Waals surface area (Å²) in [6.45, 7) is 18.9. The zero-order valence-electron chi connectivity index (χ0n) is 45.1. The molecule has 19 nitrogen and oxygen atoms in total. The van der Waals surface area contributed by atoms with E-state index in [4.69, 9.17) is 38.4 Å². The number of hydrogen-bond donors (Lipinski definition) is 5. The number of amides is 1. The molecule has 1 aromatic carbocycles. The van der Waals surface area contributed by atoms with E-state index in [1.807, 2.05) is 43.8 Å². The number of ether oxygens (including phenoxy) is 7. The van der Waals surface area contributed by atoms with Crippen LogP contribution in [0.1, 0.15) is 139 Å². The lowest BCUT2D eigenvalue weighted by Gasteiger charge is -2.49. The van der Waals surface area contributed by atoms with E-state index in [1.165, 1.54) is 14.0 Å². The molecule has 1 amide bonds. The summed E-state index contributed by atoms with van der Waals surface area (Å²) in [5.74, 6) is -4.71. The van der Waals surface area contributed by atoms with Gasteiger partial charge in [-0.15, -0.1) is 5.10 Å². The minimum atomic E-state index is -1.97. The third kappa shape index (κ3) is 14.5. The molecule has 3 aliphatic heterocycles. The standard InChI is InChI=1S/C53H87N5O14/c1-14-41-53(10,64)47(61)33(4)45(60)31(2)27-52(9,67-13)49(34(5)46(35(6)50(63)70-41)71-44-28-51(8,66-12)48(62)36(7)69-44)72-43-26-39(25-32(3)68-43)57(11)29-37-20-22-38(23-21-37)40-30-58(56-54-40)24-18-16-15-17-19-42(59)55-65/h20-23,30-36,39,41,43-44,46-49,61-62,64-65H,14-19,24-29H2,1-13H3,(H,55,59)/t31-,32-,33+,34+,35-,36+,39+,41?,43?,44?,46-,47-,48+,49-,51-,52+,53-/m1/s1. The highest BCUT2D eigenvalue weighted by atomic mass is 16.7. The van der Waals surface area contributed by atoms with E-state index in [1.54, 1.807) is 54.1 Å². The van der Waals surface area contributed by atoms with Crippen molar-refractivity contribution in [3.05, 3.63) is 36.0 Å². The number of cyclic esters (lactones) is 1. The molecule has 72 heavy (non-hydrogen) atoms. The van der Waals surface area contributed by atoms with Crippen LogP contribution in [0.25, 0.3) is 11.3 Å². The lowest BCUT2D eigenvalue weighted by molar-refractivity contribution is -0.309. The first-order valence-electron chi connectivity index (χ1n) is 26.1. The summed E-state index contributed by atoms with van der Waals surface area (Å²) in [7, 11) is 5.17. The molecule has 0 saturated carbocycles. The highest BCUT2D eigenvalue weighted by Crippen LogP contribution is 2.42. The third-order valence-electron chi connectivity index (χ3n) is 16.0. The molecule has 3 aliphatic rings. The fraction of sp³-hybridized carbons (Fsp3) is 0.792. The van der Waals surface area contributed by atoms with Crippen LogP contribution >= 0.6 is 0 Å². The summed E-state index contributed by atoms with van der Waals surface area (Å²) in [6.07, 6.45) is -0.764. The summed E-state index contributed by atoms with van der Waals surface area (Å²) in [4.78, 5) is 42.3. The summed E-state index contributed by atoms with van der Waals surface area (Å²) >= 11 is 0. The summed E-state index contributed by atoms with van der Waals surface area (Å²) < 4.78 is 47.1. The predicted octanol–water partition coefficient (Wildman–Crippen LogP) is 5.75. The maximum atomic E-state index is 14.5. The first-order valence-corrected chi connectivity index (χ1v) is 26.1. The highest BCUT2D eigenvalue weighted by Gasteiger charge is 2.53. The molecular weight excluding hydrogens is 931 g/mol. The molecule has 0 bridgehead atoms. The Labute approximate surface area is 426 Å². The molecule has 1 aromatic heterocycles. The number of ketones is 1. The lowest BCUT2D eigenvalue weighted by atomic mass is 9.74. The van der Waals surface area contributed by atoms with E-state index < -0.39 is 95.6 Å². The smallest absolute Gasteiger partial charge is 0.311 e. The van der Waals surface area contributed by atoms with Gasteiger partial charge in [0.05, 0.1) is 53.8 Å². The van der Waals surface area contributed by atoms with Crippen LogP contribution in [0.4, 0.5) is 0 Å². The van der Waals surface area contributed by atoms with E-state index in [0.717, 1.165) is 42.5 Å². The molecule has 5 rings (SSSR count). The van der Waals surface area contributed by atoms with Gasteiger partial charge in [-0.2, -0.15) is 0 Å². The number of Topliss-reactive ketones (excluding diaryl/α,β-unsaturated/α-hetero) is 1. The number of aromatic nitrogens is 3. The van der Waals surface area contributed by atoms with E-state index in [-0.39, 0.29) is 43.1 Å². The van der Waals surface area contributed by atoms with Gasteiger partial charge < -0.3 is 48.5 Å². The second kappa shape index (κ2) is 25.9. The molecule has 3 saturated heterocycles. The van der Waals surface area contributed by atoms with Gasteiger partial charge in [-0.3, -0.25) is 29.2 Å². The number of benzene rings is 1. The molecule has 0 spiro atoms. The molecule has 4 heterocycles. The van der Waals surface area contributed by atoms with Crippen LogP contribution in [-0.4, -0.2) is 158 Å². The van der Waals surface area contributed by atoms with Gasteiger partial charge in [0.2, 0.25) is 5.91 Å². The monoisotopic (exact) mass is 1020 g/mol. The van der Waals surface area contributed by atoms with Gasteiger partial charge in [-0.05, 0) is 86.3 Å². The minimum Gasteiger partial charge on any atom is -0.459 e. The van der Waals surface area contributed by atoms with Crippen molar-refractivity contribution in [2.75, 3.05) is 21.3 Å². The maximum Gasteiger partial charge on any atom is 0.311 e. The quantitative estimate of drug-likeness (QED) is 0.0516. The zero-order valence-corrected chi connectivity index (χ0v) is 45.1. The molecule has 408 valence electrons. The van der Waals surface area contributed by atoms with Crippen molar-refractivity contribution in [2.45, 2.75) is 225 Å². The second-order valence-electron chi connectivity index (χ2n) is 21.7. The van der Waals surface area contributed by atoms with Crippen LogP contribution in [0, 0.1) is 23.7 Å². The predicted molar refractivity (Wildman–Crippen MR) is 266 cm³/mol. The number of methoxy groups -OCH3 is 2. The van der Waals surface area contributed by atoms with Gasteiger partial charge in [0, 0.05) is 75.9 Å². The molecule has 5 N–H and O–H groups in total. The molecule has 3 unspecified atom stereocenters. The molecule has 19 heteroatoms. The van der Waals surface area contributed by atoms with Gasteiger partial charge >= 0.3 is 5.97 Å². The number of aliphatic hydroxyl groups is 3. The third-order valence-corrected chi connectivity index (χ3v) is 16.0. The number of carbonyl (C=O) groups is 3. The fourth-order valence-electron chi connectivity index (χ4n) is 11.2. The van der Waals surface area contributed by atoms with Crippen molar-refractivity contribution in [2.24, 2.45) is 23.7 Å². The Kier molecular flexibility index (Phi) is 21.3. The fourth-order valence-corrected chi connectivity index (χ4v) is 11.2. The Morgan fingerprint density at radius 2 is 1.54 bits per heavy atom. The number of esters is 1. The first kappa shape index (κ1) is 59.4. The Morgan fingerprint density at radius 1 is 0.875 bits per heavy atom. The summed E-state index contributed by atoms with van der Waals surface area (Å²) in [5.41, 5.74) is 0.283. The average molecular weight is 1020 g/mol. The number of carbonyl (C=O) groups excluding carboxylic acids is 3. The summed E-state index contributed by atoms with van der Waals surface area (Å²) in [6, 6.07) is 8.32. The zero-order chi connectivity index (χ0) is 53.3. The van der Waals surface area contributed by atoms with Crippen LogP contribution in [0.15, 0.2) is 30.5 Å².